The minimum atomic E-state index is 0.0632. The fraction of sp³-hybridized carbons (Fsp3) is 0.414. The summed E-state index contributed by atoms with van der Waals surface area (Å²) in [6.07, 6.45) is 4.70. The lowest BCUT2D eigenvalue weighted by molar-refractivity contribution is -0.128. The third-order valence-electron chi connectivity index (χ3n) is 6.68. The molecule has 0 radical (unpaired) electrons. The van der Waals surface area contributed by atoms with Gasteiger partial charge in [0.15, 0.2) is 0 Å². The Balaban J connectivity index is 1.81. The molecule has 5 nitrogen and oxygen atoms in total. The minimum Gasteiger partial charge on any atom is -0.496 e. The van der Waals surface area contributed by atoms with Crippen LogP contribution in [0, 0.1) is 18.8 Å². The van der Waals surface area contributed by atoms with E-state index in [1.54, 1.807) is 19.4 Å². The first-order chi connectivity index (χ1) is 16.3. The summed E-state index contributed by atoms with van der Waals surface area (Å²) in [6.45, 7) is 12.5. The van der Waals surface area contributed by atoms with Crippen LogP contribution in [0.2, 0.25) is 0 Å². The van der Waals surface area contributed by atoms with Crippen molar-refractivity contribution in [3.63, 3.8) is 0 Å². The highest BCUT2D eigenvalue weighted by atomic mass is 16.5. The molecule has 1 amide bonds. The first kappa shape index (κ1) is 23.9. The van der Waals surface area contributed by atoms with Crippen molar-refractivity contribution in [3.8, 4) is 22.6 Å². The number of hydrogen-bond acceptors (Lipinski definition) is 4. The maximum atomic E-state index is 13.2. The Kier molecular flexibility index (Phi) is 7.01. The Morgan fingerprint density at radius 2 is 1.88 bits per heavy atom. The van der Waals surface area contributed by atoms with E-state index >= 15 is 0 Å². The number of hydrogen-bond donors (Lipinski definition) is 0. The van der Waals surface area contributed by atoms with Crippen molar-refractivity contribution in [2.24, 2.45) is 11.8 Å². The van der Waals surface area contributed by atoms with Crippen LogP contribution in [-0.4, -0.2) is 37.6 Å². The Morgan fingerprint density at radius 1 is 1.18 bits per heavy atom. The lowest BCUT2D eigenvalue weighted by Crippen LogP contribution is -2.41. The highest BCUT2D eigenvalue weighted by molar-refractivity contribution is 6.02. The second-order valence-electron chi connectivity index (χ2n) is 9.55. The molecule has 2 aromatic carbocycles. The second kappa shape index (κ2) is 9.96. The average molecular weight is 462 g/mol. The van der Waals surface area contributed by atoms with Gasteiger partial charge < -0.3 is 18.8 Å². The van der Waals surface area contributed by atoms with Crippen LogP contribution in [0.4, 0.5) is 0 Å². The van der Waals surface area contributed by atoms with Gasteiger partial charge in [-0.3, -0.25) is 4.79 Å². The van der Waals surface area contributed by atoms with Gasteiger partial charge in [-0.05, 0) is 56.7 Å². The van der Waals surface area contributed by atoms with Gasteiger partial charge in [0.05, 0.1) is 20.0 Å². The number of methoxy groups -OCH3 is 1. The van der Waals surface area contributed by atoms with Crippen LogP contribution in [0.3, 0.4) is 0 Å². The van der Waals surface area contributed by atoms with Crippen molar-refractivity contribution in [2.75, 3.05) is 26.8 Å². The summed E-state index contributed by atoms with van der Waals surface area (Å²) >= 11 is 0. The molecule has 0 N–H and O–H groups in total. The van der Waals surface area contributed by atoms with E-state index in [0.29, 0.717) is 18.4 Å². The smallest absolute Gasteiger partial charge is 0.246 e. The number of amides is 1. The monoisotopic (exact) mass is 461 g/mol. The Hall–Kier alpha value is -3.21. The normalized spacial score (nSPS) is 18.9. The minimum absolute atomic E-state index is 0.0632. The predicted molar refractivity (Wildman–Crippen MR) is 137 cm³/mol. The quantitative estimate of drug-likeness (QED) is 0.382. The number of aryl methyl sites for hydroxylation is 1. The largest absolute Gasteiger partial charge is 0.496 e. The van der Waals surface area contributed by atoms with Crippen LogP contribution in [0.1, 0.15) is 45.2 Å². The fourth-order valence-corrected chi connectivity index (χ4v) is 5.21. The fourth-order valence-electron chi connectivity index (χ4n) is 5.21. The number of para-hydroxylation sites is 1. The first-order valence-corrected chi connectivity index (χ1v) is 12.1. The number of ether oxygens (including phenoxy) is 2. The number of allylic oxidation sites excluding steroid dienone is 1. The number of carbonyl (C=O) groups is 1. The number of nitrogens with zero attached hydrogens (tertiary/aromatic N) is 1. The van der Waals surface area contributed by atoms with Gasteiger partial charge in [-0.15, -0.1) is 0 Å². The van der Waals surface area contributed by atoms with Crippen molar-refractivity contribution in [3.05, 3.63) is 53.8 Å². The van der Waals surface area contributed by atoms with Crippen molar-refractivity contribution in [1.29, 1.82) is 0 Å². The van der Waals surface area contributed by atoms with Gasteiger partial charge in [0.25, 0.3) is 0 Å². The van der Waals surface area contributed by atoms with E-state index in [9.17, 15) is 4.79 Å². The molecular weight excluding hydrogens is 426 g/mol. The molecule has 2 heterocycles. The first-order valence-electron chi connectivity index (χ1n) is 12.1. The van der Waals surface area contributed by atoms with E-state index in [0.717, 1.165) is 63.4 Å². The van der Waals surface area contributed by atoms with E-state index in [-0.39, 0.29) is 5.91 Å². The summed E-state index contributed by atoms with van der Waals surface area (Å²) in [5, 5.41) is 0.973. The molecule has 0 spiro atoms. The summed E-state index contributed by atoms with van der Waals surface area (Å²) in [4.78, 5) is 15.2. The van der Waals surface area contributed by atoms with Crippen molar-refractivity contribution in [2.45, 2.75) is 41.0 Å². The van der Waals surface area contributed by atoms with E-state index in [2.05, 4.69) is 19.9 Å². The van der Waals surface area contributed by atoms with Gasteiger partial charge in [0.2, 0.25) is 5.91 Å². The van der Waals surface area contributed by atoms with E-state index in [1.807, 2.05) is 49.9 Å². The van der Waals surface area contributed by atoms with Crippen molar-refractivity contribution in [1.82, 2.24) is 4.90 Å². The maximum Gasteiger partial charge on any atom is 0.246 e. The molecule has 1 aliphatic heterocycles. The van der Waals surface area contributed by atoms with Gasteiger partial charge in [0, 0.05) is 46.8 Å². The lowest BCUT2D eigenvalue weighted by atomic mass is 9.91. The third kappa shape index (κ3) is 4.56. The van der Waals surface area contributed by atoms with Gasteiger partial charge in [-0.2, -0.15) is 0 Å². The number of benzene rings is 2. The Morgan fingerprint density at radius 3 is 2.56 bits per heavy atom. The zero-order chi connectivity index (χ0) is 24.4. The van der Waals surface area contributed by atoms with Crippen LogP contribution >= 0.6 is 0 Å². The lowest BCUT2D eigenvalue weighted by Gasteiger charge is -2.34. The molecule has 5 heteroatoms. The number of carbonyl (C=O) groups excluding carboxylic acids is 1. The summed E-state index contributed by atoms with van der Waals surface area (Å²) in [5.41, 5.74) is 5.43. The summed E-state index contributed by atoms with van der Waals surface area (Å²) in [6, 6.07) is 10.00. The Bertz CT molecular complexity index is 1210. The maximum absolute atomic E-state index is 13.2. The van der Waals surface area contributed by atoms with E-state index in [4.69, 9.17) is 13.9 Å². The summed E-state index contributed by atoms with van der Waals surface area (Å²) < 4.78 is 17.7. The third-order valence-corrected chi connectivity index (χ3v) is 6.68. The van der Waals surface area contributed by atoms with Gasteiger partial charge in [-0.1, -0.05) is 32.0 Å². The van der Waals surface area contributed by atoms with E-state index in [1.165, 1.54) is 6.42 Å². The highest BCUT2D eigenvalue weighted by Crippen LogP contribution is 2.42. The molecule has 180 valence electrons. The zero-order valence-electron chi connectivity index (χ0n) is 21.1. The standard InChI is InChI=1S/C29H35NO4/c1-7-33-28-21(5)29-24(25(17-34-29)22-10-8-9-11-26(22)32-6)14-23(28)20(4)13-27(31)30-15-18(2)12-19(3)16-30/h8-11,13-14,17-19H,7,12,15-16H2,1-6H3/b20-13+. The zero-order valence-corrected chi connectivity index (χ0v) is 21.1. The summed E-state index contributed by atoms with van der Waals surface area (Å²) in [7, 11) is 1.67. The molecule has 34 heavy (non-hydrogen) atoms. The highest BCUT2D eigenvalue weighted by Gasteiger charge is 2.25. The topological polar surface area (TPSA) is 51.9 Å². The second-order valence-corrected chi connectivity index (χ2v) is 9.55. The molecule has 4 rings (SSSR count). The number of furan rings is 1. The molecule has 0 saturated carbocycles. The SMILES string of the molecule is CCOc1c(/C(C)=C/C(=O)N2CC(C)CC(C)C2)cc2c(-c3ccccc3OC)coc2c1C. The van der Waals surface area contributed by atoms with E-state index < -0.39 is 0 Å². The van der Waals surface area contributed by atoms with Crippen LogP contribution < -0.4 is 9.47 Å². The molecule has 0 aliphatic carbocycles. The van der Waals surface area contributed by atoms with Crippen LogP contribution in [0.25, 0.3) is 27.7 Å². The predicted octanol–water partition coefficient (Wildman–Crippen LogP) is 6.72. The van der Waals surface area contributed by atoms with Crippen LogP contribution in [0.5, 0.6) is 11.5 Å². The molecule has 1 aromatic heterocycles. The summed E-state index contributed by atoms with van der Waals surface area (Å²) in [5.74, 6) is 2.65. The number of rotatable bonds is 6. The molecule has 1 saturated heterocycles. The molecule has 3 aromatic rings. The molecule has 2 atom stereocenters. The number of fused-ring (bicyclic) bond motifs is 1. The van der Waals surface area contributed by atoms with Gasteiger partial charge in [-0.25, -0.2) is 0 Å². The average Bonchev–Trinajstić information content (AvgIpc) is 3.24. The number of likely N-dealkylation sites (tertiary alicyclic amines) is 1. The van der Waals surface area contributed by atoms with Gasteiger partial charge in [0.1, 0.15) is 17.1 Å². The molecule has 1 fully saturated rings. The van der Waals surface area contributed by atoms with Crippen LogP contribution in [-0.2, 0) is 4.79 Å². The number of piperidine rings is 1. The molecular formula is C29H35NO4. The molecule has 2 unspecified atom stereocenters. The van der Waals surface area contributed by atoms with Crippen molar-refractivity contribution < 1.29 is 18.7 Å². The van der Waals surface area contributed by atoms with Crippen LogP contribution in [0.15, 0.2) is 47.1 Å². The molecule has 1 aliphatic rings. The Labute approximate surface area is 202 Å². The van der Waals surface area contributed by atoms with Crippen molar-refractivity contribution >= 4 is 22.4 Å². The molecule has 0 bridgehead atoms. The van der Waals surface area contributed by atoms with Gasteiger partial charge >= 0.3 is 0 Å².